The van der Waals surface area contributed by atoms with E-state index in [2.05, 4.69) is 34.8 Å². The molecule has 2 nitrogen and oxygen atoms in total. The van der Waals surface area contributed by atoms with Gasteiger partial charge in [-0.05, 0) is 50.1 Å². The first kappa shape index (κ1) is 15.5. The molecule has 2 aliphatic carbocycles. The molecule has 21 heavy (non-hydrogen) atoms. The molecule has 0 amide bonds. The van der Waals surface area contributed by atoms with Gasteiger partial charge in [-0.15, -0.1) is 11.3 Å². The summed E-state index contributed by atoms with van der Waals surface area (Å²) in [4.78, 5) is 4.13. The molecular weight excluding hydrogens is 276 g/mol. The lowest BCUT2D eigenvalue weighted by Gasteiger charge is -2.28. The average Bonchev–Trinajstić information content (AvgIpc) is 3.27. The Balaban J connectivity index is 1.50. The predicted molar refractivity (Wildman–Crippen MR) is 91.9 cm³/mol. The molecule has 2 fully saturated rings. The molecule has 0 saturated heterocycles. The predicted octanol–water partition coefficient (Wildman–Crippen LogP) is 4.44. The van der Waals surface area contributed by atoms with Crippen LogP contribution in [0.25, 0.3) is 0 Å². The van der Waals surface area contributed by atoms with Gasteiger partial charge in [0, 0.05) is 30.1 Å². The van der Waals surface area contributed by atoms with Crippen molar-refractivity contribution in [1.29, 1.82) is 0 Å². The Labute approximate surface area is 133 Å². The summed E-state index contributed by atoms with van der Waals surface area (Å²) in [6.45, 7) is 2.32. The van der Waals surface area contributed by atoms with Gasteiger partial charge < -0.3 is 10.2 Å². The van der Waals surface area contributed by atoms with Crippen LogP contribution in [0.15, 0.2) is 17.5 Å². The standard InChI is InChI=1S/C18H30N2S/c1-20(16-9-4-5-10-16)13-12-19-18(15-7-2-3-8-15)17-11-6-14-21-17/h6,11,14-16,18-19H,2-5,7-10,12-13H2,1H3. The summed E-state index contributed by atoms with van der Waals surface area (Å²) < 4.78 is 0. The molecular formula is C18H30N2S. The SMILES string of the molecule is CN(CCNC(c1cccs1)C1CCCC1)C1CCCC1. The van der Waals surface area contributed by atoms with Crippen molar-refractivity contribution in [2.24, 2.45) is 5.92 Å². The Bertz CT molecular complexity index is 391. The number of thiophene rings is 1. The fraction of sp³-hybridized carbons (Fsp3) is 0.778. The van der Waals surface area contributed by atoms with Gasteiger partial charge in [-0.2, -0.15) is 0 Å². The number of nitrogens with zero attached hydrogens (tertiary/aromatic N) is 1. The first-order valence-corrected chi connectivity index (χ1v) is 9.69. The van der Waals surface area contributed by atoms with Gasteiger partial charge in [0.2, 0.25) is 0 Å². The Morgan fingerprint density at radius 3 is 2.57 bits per heavy atom. The zero-order chi connectivity index (χ0) is 14.5. The third-order valence-electron chi connectivity index (χ3n) is 5.50. The number of hydrogen-bond acceptors (Lipinski definition) is 3. The Morgan fingerprint density at radius 2 is 1.90 bits per heavy atom. The van der Waals surface area contributed by atoms with E-state index in [4.69, 9.17) is 0 Å². The first-order chi connectivity index (χ1) is 10.3. The molecule has 118 valence electrons. The van der Waals surface area contributed by atoms with E-state index in [-0.39, 0.29) is 0 Å². The Hall–Kier alpha value is -0.380. The lowest BCUT2D eigenvalue weighted by atomic mass is 9.96. The summed E-state index contributed by atoms with van der Waals surface area (Å²) in [6, 6.07) is 5.97. The highest BCUT2D eigenvalue weighted by molar-refractivity contribution is 7.10. The van der Waals surface area contributed by atoms with Crippen LogP contribution in [0.1, 0.15) is 62.3 Å². The summed E-state index contributed by atoms with van der Waals surface area (Å²) in [7, 11) is 2.31. The van der Waals surface area contributed by atoms with Crippen molar-refractivity contribution in [1.82, 2.24) is 10.2 Å². The van der Waals surface area contributed by atoms with E-state index in [0.29, 0.717) is 6.04 Å². The van der Waals surface area contributed by atoms with Crippen LogP contribution in [0.5, 0.6) is 0 Å². The minimum Gasteiger partial charge on any atom is -0.308 e. The quantitative estimate of drug-likeness (QED) is 0.801. The van der Waals surface area contributed by atoms with E-state index in [1.165, 1.54) is 57.9 Å². The summed E-state index contributed by atoms with van der Waals surface area (Å²) in [5, 5.41) is 6.11. The van der Waals surface area contributed by atoms with Gasteiger partial charge in [0.05, 0.1) is 0 Å². The maximum atomic E-state index is 3.89. The van der Waals surface area contributed by atoms with Crippen LogP contribution in [0.3, 0.4) is 0 Å². The summed E-state index contributed by atoms with van der Waals surface area (Å²) >= 11 is 1.93. The van der Waals surface area contributed by atoms with Crippen molar-refractivity contribution in [2.75, 3.05) is 20.1 Å². The van der Waals surface area contributed by atoms with Gasteiger partial charge in [-0.1, -0.05) is 31.7 Å². The topological polar surface area (TPSA) is 15.3 Å². The fourth-order valence-electron chi connectivity index (χ4n) is 4.18. The molecule has 0 aliphatic heterocycles. The minimum absolute atomic E-state index is 0.601. The number of likely N-dealkylation sites (N-methyl/N-ethyl adjacent to an activating group) is 1. The molecule has 1 unspecified atom stereocenters. The van der Waals surface area contributed by atoms with E-state index in [0.717, 1.165) is 18.5 Å². The van der Waals surface area contributed by atoms with E-state index < -0.39 is 0 Å². The maximum Gasteiger partial charge on any atom is 0.0443 e. The van der Waals surface area contributed by atoms with E-state index >= 15 is 0 Å². The van der Waals surface area contributed by atoms with Gasteiger partial charge in [-0.25, -0.2) is 0 Å². The van der Waals surface area contributed by atoms with Gasteiger partial charge in [0.25, 0.3) is 0 Å². The maximum absolute atomic E-state index is 3.89. The van der Waals surface area contributed by atoms with Crippen LogP contribution < -0.4 is 5.32 Å². The lowest BCUT2D eigenvalue weighted by Crippen LogP contribution is -2.37. The third-order valence-corrected chi connectivity index (χ3v) is 6.45. The van der Waals surface area contributed by atoms with E-state index in [9.17, 15) is 0 Å². The fourth-order valence-corrected chi connectivity index (χ4v) is 5.08. The number of rotatable bonds is 7. The third kappa shape index (κ3) is 4.08. The highest BCUT2D eigenvalue weighted by Crippen LogP contribution is 2.37. The smallest absolute Gasteiger partial charge is 0.0443 e. The van der Waals surface area contributed by atoms with Crippen LogP contribution in [-0.4, -0.2) is 31.1 Å². The summed E-state index contributed by atoms with van der Waals surface area (Å²) in [5.41, 5.74) is 0. The monoisotopic (exact) mass is 306 g/mol. The molecule has 0 radical (unpaired) electrons. The average molecular weight is 307 g/mol. The molecule has 3 rings (SSSR count). The second-order valence-corrected chi connectivity index (χ2v) is 7.89. The molecule has 0 bridgehead atoms. The van der Waals surface area contributed by atoms with Crippen molar-refractivity contribution in [3.05, 3.63) is 22.4 Å². The normalized spacial score (nSPS) is 22.4. The highest BCUT2D eigenvalue weighted by Gasteiger charge is 2.27. The summed E-state index contributed by atoms with van der Waals surface area (Å²) in [5.74, 6) is 0.862. The van der Waals surface area contributed by atoms with Crippen LogP contribution in [0.4, 0.5) is 0 Å². The molecule has 1 aromatic rings. The summed E-state index contributed by atoms with van der Waals surface area (Å²) in [6.07, 6.45) is 11.4. The molecule has 0 aromatic carbocycles. The Morgan fingerprint density at radius 1 is 1.19 bits per heavy atom. The zero-order valence-corrected chi connectivity index (χ0v) is 14.2. The largest absolute Gasteiger partial charge is 0.308 e. The molecule has 2 aliphatic rings. The van der Waals surface area contributed by atoms with Crippen molar-refractivity contribution in [3.8, 4) is 0 Å². The first-order valence-electron chi connectivity index (χ1n) is 8.81. The zero-order valence-electron chi connectivity index (χ0n) is 13.4. The molecule has 1 atom stereocenters. The molecule has 0 spiro atoms. The van der Waals surface area contributed by atoms with Gasteiger partial charge in [0.1, 0.15) is 0 Å². The highest BCUT2D eigenvalue weighted by atomic mass is 32.1. The van der Waals surface area contributed by atoms with Crippen LogP contribution in [-0.2, 0) is 0 Å². The second kappa shape index (κ2) is 7.75. The van der Waals surface area contributed by atoms with Crippen molar-refractivity contribution >= 4 is 11.3 Å². The molecule has 2 saturated carbocycles. The number of hydrogen-bond donors (Lipinski definition) is 1. The number of nitrogens with one attached hydrogen (secondary N) is 1. The Kier molecular flexibility index (Phi) is 5.73. The molecule has 1 heterocycles. The van der Waals surface area contributed by atoms with Gasteiger partial charge >= 0.3 is 0 Å². The van der Waals surface area contributed by atoms with Gasteiger partial charge in [0.15, 0.2) is 0 Å². The lowest BCUT2D eigenvalue weighted by molar-refractivity contribution is 0.236. The molecule has 1 aromatic heterocycles. The van der Waals surface area contributed by atoms with Crippen LogP contribution in [0, 0.1) is 5.92 Å². The van der Waals surface area contributed by atoms with Crippen molar-refractivity contribution in [2.45, 2.75) is 63.5 Å². The van der Waals surface area contributed by atoms with E-state index in [1.54, 1.807) is 4.88 Å². The van der Waals surface area contributed by atoms with Crippen LogP contribution in [0.2, 0.25) is 0 Å². The van der Waals surface area contributed by atoms with Gasteiger partial charge in [-0.3, -0.25) is 0 Å². The molecule has 3 heteroatoms. The van der Waals surface area contributed by atoms with Crippen molar-refractivity contribution < 1.29 is 0 Å². The minimum atomic E-state index is 0.601. The molecule has 1 N–H and O–H groups in total. The van der Waals surface area contributed by atoms with Crippen LogP contribution >= 0.6 is 11.3 Å². The van der Waals surface area contributed by atoms with Crippen molar-refractivity contribution in [3.63, 3.8) is 0 Å². The van der Waals surface area contributed by atoms with E-state index in [1.807, 2.05) is 11.3 Å². The second-order valence-electron chi connectivity index (χ2n) is 6.91.